The molecule has 0 aliphatic rings. The molecule has 1 aromatic rings. The van der Waals surface area contributed by atoms with Gasteiger partial charge in [0.1, 0.15) is 5.82 Å². The molecule has 1 heterocycles. The van der Waals surface area contributed by atoms with Crippen LogP contribution in [0.1, 0.15) is 26.7 Å². The van der Waals surface area contributed by atoms with Gasteiger partial charge >= 0.3 is 0 Å². The Bertz CT molecular complexity index is 573. The van der Waals surface area contributed by atoms with Gasteiger partial charge in [-0.3, -0.25) is 14.3 Å². The maximum Gasteiger partial charge on any atom is 0.261 e. The third-order valence-electron chi connectivity index (χ3n) is 2.10. The van der Waals surface area contributed by atoms with Gasteiger partial charge in [0.05, 0.1) is 12.6 Å². The normalized spacial score (nSPS) is 11.0. The SMILES string of the molecule is CCCN=CN(CCC)c1cccc(=O)[nH]1.CS(=O)(=O)O. The van der Waals surface area contributed by atoms with Gasteiger partial charge in [-0.15, -0.1) is 0 Å². The zero-order valence-electron chi connectivity index (χ0n) is 12.6. The molecular formula is C13H23N3O4S. The van der Waals surface area contributed by atoms with E-state index in [1.807, 2.05) is 11.0 Å². The fourth-order valence-electron chi connectivity index (χ4n) is 1.37. The highest BCUT2D eigenvalue weighted by atomic mass is 32.2. The lowest BCUT2D eigenvalue weighted by Gasteiger charge is -2.17. The molecule has 2 N–H and O–H groups in total. The third kappa shape index (κ3) is 11.8. The van der Waals surface area contributed by atoms with Gasteiger partial charge in [-0.2, -0.15) is 8.42 Å². The zero-order valence-corrected chi connectivity index (χ0v) is 13.4. The van der Waals surface area contributed by atoms with Gasteiger partial charge in [-0.05, 0) is 18.9 Å². The van der Waals surface area contributed by atoms with Crippen molar-refractivity contribution >= 4 is 22.3 Å². The van der Waals surface area contributed by atoms with Crippen molar-refractivity contribution in [1.29, 1.82) is 0 Å². The predicted octanol–water partition coefficient (Wildman–Crippen LogP) is 1.53. The Morgan fingerprint density at radius 1 is 1.33 bits per heavy atom. The van der Waals surface area contributed by atoms with Crippen molar-refractivity contribution in [1.82, 2.24) is 4.98 Å². The van der Waals surface area contributed by atoms with E-state index in [-0.39, 0.29) is 5.56 Å². The lowest BCUT2D eigenvalue weighted by atomic mass is 10.4. The Balaban J connectivity index is 0.000000690. The fraction of sp³-hybridized carbons (Fsp3) is 0.538. The number of aromatic nitrogens is 1. The van der Waals surface area contributed by atoms with Crippen molar-refractivity contribution in [3.63, 3.8) is 0 Å². The number of anilines is 1. The van der Waals surface area contributed by atoms with Crippen LogP contribution in [0.25, 0.3) is 0 Å². The van der Waals surface area contributed by atoms with Crippen LogP contribution < -0.4 is 10.5 Å². The Hall–Kier alpha value is -1.67. The van der Waals surface area contributed by atoms with Crippen molar-refractivity contribution in [3.8, 4) is 0 Å². The second-order valence-corrected chi connectivity index (χ2v) is 5.81. The minimum Gasteiger partial charge on any atom is -0.319 e. The van der Waals surface area contributed by atoms with Gasteiger partial charge in [0, 0.05) is 19.2 Å². The summed E-state index contributed by atoms with van der Waals surface area (Å²) < 4.78 is 25.9. The van der Waals surface area contributed by atoms with Crippen molar-refractivity contribution in [2.75, 3.05) is 24.2 Å². The number of H-pyrrole nitrogens is 1. The molecule has 8 heteroatoms. The van der Waals surface area contributed by atoms with E-state index in [1.165, 1.54) is 6.07 Å². The highest BCUT2D eigenvalue weighted by Crippen LogP contribution is 2.05. The summed E-state index contributed by atoms with van der Waals surface area (Å²) in [7, 11) is -3.67. The van der Waals surface area contributed by atoms with Crippen molar-refractivity contribution in [3.05, 3.63) is 28.6 Å². The molecule has 0 amide bonds. The summed E-state index contributed by atoms with van der Waals surface area (Å²) in [5, 5.41) is 0. The average molecular weight is 317 g/mol. The van der Waals surface area contributed by atoms with Gasteiger partial charge in [0.25, 0.3) is 10.1 Å². The first-order valence-corrected chi connectivity index (χ1v) is 8.51. The molecule has 21 heavy (non-hydrogen) atoms. The fourth-order valence-corrected chi connectivity index (χ4v) is 1.37. The van der Waals surface area contributed by atoms with E-state index in [4.69, 9.17) is 4.55 Å². The maximum atomic E-state index is 11.2. The second-order valence-electron chi connectivity index (χ2n) is 4.35. The topological polar surface area (TPSA) is 103 Å². The average Bonchev–Trinajstić information content (AvgIpc) is 2.36. The number of nitrogens with zero attached hydrogens (tertiary/aromatic N) is 2. The van der Waals surface area contributed by atoms with E-state index in [2.05, 4.69) is 23.8 Å². The van der Waals surface area contributed by atoms with Gasteiger partial charge in [-0.1, -0.05) is 19.9 Å². The number of hydrogen-bond acceptors (Lipinski definition) is 4. The standard InChI is InChI=1S/C12H19N3O.CH4O3S/c1-3-8-13-10-15(9-4-2)11-6-5-7-12(16)14-11;1-5(2,3)4/h5-7,10H,3-4,8-9H2,1-2H3,(H,14,16);1H3,(H,2,3,4). The highest BCUT2D eigenvalue weighted by molar-refractivity contribution is 7.85. The molecule has 0 bridgehead atoms. The van der Waals surface area contributed by atoms with Crippen LogP contribution in [0.2, 0.25) is 0 Å². The Morgan fingerprint density at radius 2 is 1.95 bits per heavy atom. The van der Waals surface area contributed by atoms with E-state index in [1.54, 1.807) is 12.4 Å². The van der Waals surface area contributed by atoms with Crippen LogP contribution in [0.4, 0.5) is 5.82 Å². The van der Waals surface area contributed by atoms with Crippen LogP contribution in [0, 0.1) is 0 Å². The van der Waals surface area contributed by atoms with E-state index in [0.29, 0.717) is 6.26 Å². The minimum absolute atomic E-state index is 0.0810. The summed E-state index contributed by atoms with van der Waals surface area (Å²) in [5.74, 6) is 0.800. The molecule has 0 aromatic carbocycles. The summed E-state index contributed by atoms with van der Waals surface area (Å²) in [6.07, 6.45) is 4.56. The first-order valence-electron chi connectivity index (χ1n) is 6.66. The van der Waals surface area contributed by atoms with Gasteiger partial charge in [0.15, 0.2) is 0 Å². The third-order valence-corrected chi connectivity index (χ3v) is 2.10. The predicted molar refractivity (Wildman–Crippen MR) is 85.8 cm³/mol. The number of aromatic amines is 1. The van der Waals surface area contributed by atoms with Crippen LogP contribution in [0.3, 0.4) is 0 Å². The minimum atomic E-state index is -3.67. The van der Waals surface area contributed by atoms with Crippen LogP contribution in [-0.4, -0.2) is 43.6 Å². The number of nitrogens with one attached hydrogen (secondary N) is 1. The molecule has 0 spiro atoms. The summed E-state index contributed by atoms with van der Waals surface area (Å²) in [6.45, 7) is 5.86. The number of pyridine rings is 1. The van der Waals surface area contributed by atoms with Crippen LogP contribution in [-0.2, 0) is 10.1 Å². The van der Waals surface area contributed by atoms with Crippen LogP contribution in [0.15, 0.2) is 28.0 Å². The summed E-state index contributed by atoms with van der Waals surface area (Å²) in [5.41, 5.74) is -0.0810. The molecular weight excluding hydrogens is 294 g/mol. The Morgan fingerprint density at radius 3 is 2.43 bits per heavy atom. The molecule has 0 radical (unpaired) electrons. The lowest BCUT2D eigenvalue weighted by Crippen LogP contribution is -2.25. The maximum absolute atomic E-state index is 11.2. The Kier molecular flexibility index (Phi) is 9.31. The quantitative estimate of drug-likeness (QED) is 0.470. The molecule has 120 valence electrons. The second kappa shape index (κ2) is 10.1. The van der Waals surface area contributed by atoms with Crippen molar-refractivity contribution < 1.29 is 13.0 Å². The van der Waals surface area contributed by atoms with E-state index < -0.39 is 10.1 Å². The van der Waals surface area contributed by atoms with E-state index in [0.717, 1.165) is 31.7 Å². The molecule has 1 aromatic heterocycles. The number of rotatable bonds is 6. The smallest absolute Gasteiger partial charge is 0.261 e. The van der Waals surface area contributed by atoms with Crippen molar-refractivity contribution in [2.24, 2.45) is 4.99 Å². The van der Waals surface area contributed by atoms with E-state index in [9.17, 15) is 13.2 Å². The summed E-state index contributed by atoms with van der Waals surface area (Å²) in [4.78, 5) is 20.3. The molecule has 0 unspecified atom stereocenters. The molecule has 0 saturated heterocycles. The van der Waals surface area contributed by atoms with Crippen LogP contribution >= 0.6 is 0 Å². The monoisotopic (exact) mass is 317 g/mol. The van der Waals surface area contributed by atoms with Crippen molar-refractivity contribution in [2.45, 2.75) is 26.7 Å². The molecule has 0 aliphatic carbocycles. The van der Waals surface area contributed by atoms with Crippen LogP contribution in [0.5, 0.6) is 0 Å². The molecule has 0 atom stereocenters. The molecule has 7 nitrogen and oxygen atoms in total. The highest BCUT2D eigenvalue weighted by Gasteiger charge is 2.02. The van der Waals surface area contributed by atoms with Gasteiger partial charge < -0.3 is 9.88 Å². The van der Waals surface area contributed by atoms with E-state index >= 15 is 0 Å². The van der Waals surface area contributed by atoms with Gasteiger partial charge in [0.2, 0.25) is 5.56 Å². The number of aliphatic imine (C=N–C) groups is 1. The first kappa shape index (κ1) is 19.3. The Labute approximate surface area is 125 Å². The molecule has 0 saturated carbocycles. The first-order chi connectivity index (χ1) is 9.77. The summed E-state index contributed by atoms with van der Waals surface area (Å²) >= 11 is 0. The van der Waals surface area contributed by atoms with Gasteiger partial charge in [-0.25, -0.2) is 0 Å². The summed E-state index contributed by atoms with van der Waals surface area (Å²) in [6, 6.07) is 5.15. The molecule has 0 aliphatic heterocycles. The molecule has 0 fully saturated rings. The molecule has 1 rings (SSSR count). The number of hydrogen-bond donors (Lipinski definition) is 2. The zero-order chi connectivity index (χ0) is 16.3. The largest absolute Gasteiger partial charge is 0.319 e. The lowest BCUT2D eigenvalue weighted by molar-refractivity contribution is 0.490.